The molecule has 0 bridgehead atoms. The number of aryl methyl sites for hydroxylation is 1. The van der Waals surface area contributed by atoms with E-state index in [4.69, 9.17) is 0 Å². The molecule has 0 atom stereocenters. The minimum absolute atomic E-state index is 0.211. The Morgan fingerprint density at radius 3 is 2.67 bits per heavy atom. The SMILES string of the molecule is Cc1nc(C=Cc2cn3c(n2)-c2cccc(F)c2C3)nc2c(F)cccc12. The van der Waals surface area contributed by atoms with Gasteiger partial charge in [0.1, 0.15) is 23.0 Å². The first-order valence-corrected chi connectivity index (χ1v) is 8.56. The van der Waals surface area contributed by atoms with Crippen LogP contribution in [0.25, 0.3) is 34.4 Å². The normalized spacial score (nSPS) is 12.7. The Bertz CT molecular complexity index is 1240. The Labute approximate surface area is 153 Å². The summed E-state index contributed by atoms with van der Waals surface area (Å²) in [5.41, 5.74) is 3.22. The molecular weight excluding hydrogens is 346 g/mol. The lowest BCUT2D eigenvalue weighted by molar-refractivity contribution is 0.607. The zero-order chi connectivity index (χ0) is 18.5. The van der Waals surface area contributed by atoms with Gasteiger partial charge in [-0.05, 0) is 31.2 Å². The third-order valence-corrected chi connectivity index (χ3v) is 4.77. The van der Waals surface area contributed by atoms with Gasteiger partial charge in [0.15, 0.2) is 5.82 Å². The summed E-state index contributed by atoms with van der Waals surface area (Å²) in [6, 6.07) is 9.86. The average molecular weight is 360 g/mol. The third kappa shape index (κ3) is 2.52. The Morgan fingerprint density at radius 1 is 0.963 bits per heavy atom. The second-order valence-electron chi connectivity index (χ2n) is 6.52. The highest BCUT2D eigenvalue weighted by atomic mass is 19.1. The first kappa shape index (κ1) is 15.8. The molecule has 0 saturated carbocycles. The molecule has 0 N–H and O–H groups in total. The van der Waals surface area contributed by atoms with E-state index < -0.39 is 0 Å². The fourth-order valence-electron chi connectivity index (χ4n) is 3.48. The summed E-state index contributed by atoms with van der Waals surface area (Å²) >= 11 is 0. The maximum Gasteiger partial charge on any atom is 0.153 e. The topological polar surface area (TPSA) is 43.6 Å². The van der Waals surface area contributed by atoms with Crippen molar-refractivity contribution < 1.29 is 8.78 Å². The molecule has 0 aliphatic carbocycles. The highest BCUT2D eigenvalue weighted by molar-refractivity contribution is 5.82. The van der Waals surface area contributed by atoms with Crippen LogP contribution in [0, 0.1) is 18.6 Å². The molecule has 0 spiro atoms. The Hall–Kier alpha value is -3.41. The van der Waals surface area contributed by atoms with Crippen molar-refractivity contribution in [2.75, 3.05) is 0 Å². The van der Waals surface area contributed by atoms with Crippen molar-refractivity contribution in [3.63, 3.8) is 0 Å². The number of aromatic nitrogens is 4. The van der Waals surface area contributed by atoms with Gasteiger partial charge in [-0.25, -0.2) is 23.7 Å². The largest absolute Gasteiger partial charge is 0.326 e. The number of nitrogens with zero attached hydrogens (tertiary/aromatic N) is 4. The van der Waals surface area contributed by atoms with Crippen molar-refractivity contribution in [3.8, 4) is 11.4 Å². The van der Waals surface area contributed by atoms with Crippen LogP contribution in [0.4, 0.5) is 8.78 Å². The van der Waals surface area contributed by atoms with E-state index in [9.17, 15) is 8.78 Å². The van der Waals surface area contributed by atoms with Crippen molar-refractivity contribution >= 4 is 23.1 Å². The zero-order valence-electron chi connectivity index (χ0n) is 14.4. The number of benzene rings is 2. The van der Waals surface area contributed by atoms with Gasteiger partial charge in [-0.15, -0.1) is 0 Å². The lowest BCUT2D eigenvalue weighted by Crippen LogP contribution is -1.95. The summed E-state index contributed by atoms with van der Waals surface area (Å²) in [5.74, 6) is 0.583. The van der Waals surface area contributed by atoms with E-state index in [1.54, 1.807) is 30.4 Å². The van der Waals surface area contributed by atoms with Gasteiger partial charge in [-0.1, -0.05) is 24.3 Å². The molecule has 2 aromatic heterocycles. The predicted molar refractivity (Wildman–Crippen MR) is 99.9 cm³/mol. The number of imidazole rings is 1. The van der Waals surface area contributed by atoms with Crippen LogP contribution in [0.2, 0.25) is 0 Å². The predicted octanol–water partition coefficient (Wildman–Crippen LogP) is 4.61. The van der Waals surface area contributed by atoms with Crippen molar-refractivity contribution in [2.45, 2.75) is 13.5 Å². The summed E-state index contributed by atoms with van der Waals surface area (Å²) in [5, 5.41) is 0.701. The van der Waals surface area contributed by atoms with Crippen LogP contribution >= 0.6 is 0 Å². The molecule has 1 aliphatic rings. The number of hydrogen-bond acceptors (Lipinski definition) is 3. The van der Waals surface area contributed by atoms with E-state index in [0.29, 0.717) is 28.8 Å². The average Bonchev–Trinajstić information content (AvgIpc) is 3.20. The Morgan fingerprint density at radius 2 is 1.78 bits per heavy atom. The summed E-state index contributed by atoms with van der Waals surface area (Å²) in [6.07, 6.45) is 5.36. The highest BCUT2D eigenvalue weighted by Gasteiger charge is 2.22. The molecule has 3 heterocycles. The molecule has 6 heteroatoms. The van der Waals surface area contributed by atoms with Crippen LogP contribution in [-0.2, 0) is 6.54 Å². The van der Waals surface area contributed by atoms with Gasteiger partial charge in [0.25, 0.3) is 0 Å². The van der Waals surface area contributed by atoms with Crippen LogP contribution in [0.1, 0.15) is 22.8 Å². The number of hydrogen-bond donors (Lipinski definition) is 0. The van der Waals surface area contributed by atoms with Crippen LogP contribution in [0.15, 0.2) is 42.6 Å². The molecule has 0 radical (unpaired) electrons. The highest BCUT2D eigenvalue weighted by Crippen LogP contribution is 2.33. The summed E-state index contributed by atoms with van der Waals surface area (Å²) in [7, 11) is 0. The smallest absolute Gasteiger partial charge is 0.153 e. The lowest BCUT2D eigenvalue weighted by atomic mass is 10.1. The molecule has 27 heavy (non-hydrogen) atoms. The van der Waals surface area contributed by atoms with E-state index in [1.807, 2.05) is 23.8 Å². The molecule has 2 aromatic carbocycles. The summed E-state index contributed by atoms with van der Waals surface area (Å²) < 4.78 is 29.8. The minimum Gasteiger partial charge on any atom is -0.326 e. The van der Waals surface area contributed by atoms with Crippen molar-refractivity contribution in [1.29, 1.82) is 0 Å². The first-order valence-electron chi connectivity index (χ1n) is 8.56. The Kier molecular flexibility index (Phi) is 3.40. The number of fused-ring (bicyclic) bond motifs is 4. The minimum atomic E-state index is -0.368. The first-order chi connectivity index (χ1) is 13.1. The second kappa shape index (κ2) is 5.81. The van der Waals surface area contributed by atoms with Crippen LogP contribution < -0.4 is 0 Å². The monoisotopic (exact) mass is 360 g/mol. The number of rotatable bonds is 2. The quantitative estimate of drug-likeness (QED) is 0.462. The van der Waals surface area contributed by atoms with E-state index in [2.05, 4.69) is 15.0 Å². The van der Waals surface area contributed by atoms with Crippen LogP contribution in [-0.4, -0.2) is 19.5 Å². The van der Waals surface area contributed by atoms with E-state index >= 15 is 0 Å². The molecule has 132 valence electrons. The van der Waals surface area contributed by atoms with Crippen molar-refractivity contribution in [1.82, 2.24) is 19.5 Å². The van der Waals surface area contributed by atoms with Crippen molar-refractivity contribution in [3.05, 3.63) is 77.0 Å². The van der Waals surface area contributed by atoms with E-state index in [0.717, 1.165) is 22.8 Å². The van der Waals surface area contributed by atoms with E-state index in [1.165, 1.54) is 12.1 Å². The lowest BCUT2D eigenvalue weighted by Gasteiger charge is -2.03. The molecule has 5 rings (SSSR count). The molecule has 0 unspecified atom stereocenters. The maximum absolute atomic E-state index is 14.0. The van der Waals surface area contributed by atoms with Gasteiger partial charge < -0.3 is 4.57 Å². The molecule has 0 fully saturated rings. The standard InChI is InChI=1S/C21H14F2N4/c1-12-14-4-2-7-18(23)20(14)26-19(24-12)9-8-13-10-27-11-16-15(21(27)25-13)5-3-6-17(16)22/h2-10H,11H2,1H3. The van der Waals surface area contributed by atoms with Gasteiger partial charge >= 0.3 is 0 Å². The summed E-state index contributed by atoms with van der Waals surface area (Å²) in [6.45, 7) is 2.30. The zero-order valence-corrected chi connectivity index (χ0v) is 14.4. The van der Waals surface area contributed by atoms with Crippen molar-refractivity contribution in [2.24, 2.45) is 0 Å². The molecule has 4 nitrogen and oxygen atoms in total. The van der Waals surface area contributed by atoms with Crippen LogP contribution in [0.5, 0.6) is 0 Å². The maximum atomic E-state index is 14.0. The third-order valence-electron chi connectivity index (χ3n) is 4.77. The molecule has 0 saturated heterocycles. The molecule has 4 aromatic rings. The van der Waals surface area contributed by atoms with Gasteiger partial charge in [0, 0.05) is 28.4 Å². The van der Waals surface area contributed by atoms with Gasteiger partial charge in [0.2, 0.25) is 0 Å². The van der Waals surface area contributed by atoms with Crippen LogP contribution in [0.3, 0.4) is 0 Å². The van der Waals surface area contributed by atoms with Gasteiger partial charge in [0.05, 0.1) is 12.2 Å². The number of para-hydroxylation sites is 1. The molecule has 0 amide bonds. The fraction of sp³-hybridized carbons (Fsp3) is 0.0952. The summed E-state index contributed by atoms with van der Waals surface area (Å²) in [4.78, 5) is 13.3. The fourth-order valence-corrected chi connectivity index (χ4v) is 3.48. The Balaban J connectivity index is 1.51. The van der Waals surface area contributed by atoms with E-state index in [-0.39, 0.29) is 11.6 Å². The molecular formula is C21H14F2N4. The van der Waals surface area contributed by atoms with Gasteiger partial charge in [-0.3, -0.25) is 0 Å². The second-order valence-corrected chi connectivity index (χ2v) is 6.52. The van der Waals surface area contributed by atoms with Gasteiger partial charge in [-0.2, -0.15) is 0 Å². The molecule has 1 aliphatic heterocycles. The number of halogens is 2.